The topological polar surface area (TPSA) is 26.3 Å². The molecule has 0 spiro atoms. The summed E-state index contributed by atoms with van der Waals surface area (Å²) < 4.78 is 5.98. The summed E-state index contributed by atoms with van der Waals surface area (Å²) in [6, 6.07) is 0. The zero-order valence-electron chi connectivity index (χ0n) is 6.69. The fraction of sp³-hybridized carbons (Fsp3) is 0.857. The van der Waals surface area contributed by atoms with Gasteiger partial charge in [0.15, 0.2) is 0 Å². The first-order valence-corrected chi connectivity index (χ1v) is 6.98. The van der Waals surface area contributed by atoms with Gasteiger partial charge in [-0.05, 0) is 0 Å². The third-order valence-electron chi connectivity index (χ3n) is 0.855. The van der Waals surface area contributed by atoms with Crippen molar-refractivity contribution in [3.05, 3.63) is 0 Å². The summed E-state index contributed by atoms with van der Waals surface area (Å²) in [7, 11) is 0. The van der Waals surface area contributed by atoms with Gasteiger partial charge in [-0.1, -0.05) is 0 Å². The molecule has 0 bridgehead atoms. The molecule has 0 fully saturated rings. The summed E-state index contributed by atoms with van der Waals surface area (Å²) in [4.78, 5) is 13.0. The number of ether oxygens (including phenoxy) is 1. The van der Waals surface area contributed by atoms with Gasteiger partial charge in [0.1, 0.15) is 0 Å². The molecule has 0 aromatic carbocycles. The second-order valence-electron chi connectivity index (χ2n) is 2.24. The Kier molecular flexibility index (Phi) is 6.06. The Labute approximate surface area is 72.6 Å². The van der Waals surface area contributed by atoms with E-state index >= 15 is 0 Å². The summed E-state index contributed by atoms with van der Waals surface area (Å²) in [5, 5.41) is 0. The van der Waals surface area contributed by atoms with Gasteiger partial charge < -0.3 is 0 Å². The van der Waals surface area contributed by atoms with E-state index in [1.807, 2.05) is 13.8 Å². The molecule has 0 heterocycles. The fourth-order valence-electron chi connectivity index (χ4n) is 0.493. The van der Waals surface area contributed by atoms with Crippen LogP contribution < -0.4 is 21.2 Å². The third-order valence-corrected chi connectivity index (χ3v) is 2.47. The molecule has 10 heavy (non-hydrogen) atoms. The molecule has 0 rings (SSSR count). The van der Waals surface area contributed by atoms with E-state index in [1.165, 1.54) is 0 Å². The number of esters is 1. The van der Waals surface area contributed by atoms with Crippen molar-refractivity contribution in [2.75, 3.05) is 9.36 Å². The number of hydrogen-bond donors (Lipinski definition) is 0. The van der Waals surface area contributed by atoms with Crippen molar-refractivity contribution in [3.63, 3.8) is 0 Å². The average Bonchev–Trinajstić information content (AvgIpc) is 1.82. The molecule has 0 aliphatic rings. The molecule has 0 saturated carbocycles. The summed E-state index contributed by atoms with van der Waals surface area (Å²) in [5.41, 5.74) is 0. The first-order chi connectivity index (χ1) is 4.66. The van der Waals surface area contributed by atoms with Crippen molar-refractivity contribution in [2.24, 2.45) is 0 Å². The van der Waals surface area contributed by atoms with E-state index in [0.717, 1.165) is 4.43 Å². The third kappa shape index (κ3) is 6.32. The Morgan fingerprint density at radius 2 is 2.20 bits per heavy atom. The number of alkyl halides is 2. The van der Waals surface area contributed by atoms with Gasteiger partial charge in [-0.15, -0.1) is 0 Å². The molecule has 0 N–H and O–H groups in total. The number of halogens is 1. The molecular formula is C7H14IO2-. The second kappa shape index (κ2) is 5.95. The molecule has 0 unspecified atom stereocenters. The predicted octanol–water partition coefficient (Wildman–Crippen LogP) is -1.95. The molecule has 2 nitrogen and oxygen atoms in total. The number of carbonyl (C=O) groups excluding carboxylic acids is 1. The Balaban J connectivity index is 3.26. The first kappa shape index (κ1) is 10.2. The molecule has 0 atom stereocenters. The van der Waals surface area contributed by atoms with Gasteiger partial charge in [-0.3, -0.25) is 0 Å². The minimum absolute atomic E-state index is 0.0440. The SMILES string of the molecule is C[I-]CCC(=O)OC(C)C. The molecule has 3 heteroatoms. The summed E-state index contributed by atoms with van der Waals surface area (Å²) in [5.74, 6) is -0.0449. The van der Waals surface area contributed by atoms with E-state index in [-0.39, 0.29) is 33.3 Å². The van der Waals surface area contributed by atoms with Crippen molar-refractivity contribution in [3.8, 4) is 0 Å². The van der Waals surface area contributed by atoms with Crippen molar-refractivity contribution < 1.29 is 30.7 Å². The zero-order valence-corrected chi connectivity index (χ0v) is 8.84. The average molecular weight is 257 g/mol. The molecule has 0 amide bonds. The first-order valence-electron chi connectivity index (χ1n) is 3.30. The summed E-state index contributed by atoms with van der Waals surface area (Å²) >= 11 is 0.247. The van der Waals surface area contributed by atoms with Crippen LogP contribution in [-0.4, -0.2) is 21.4 Å². The van der Waals surface area contributed by atoms with E-state index in [9.17, 15) is 4.79 Å². The van der Waals surface area contributed by atoms with Crippen molar-refractivity contribution in [1.29, 1.82) is 0 Å². The Morgan fingerprint density at radius 3 is 2.60 bits per heavy atom. The molecule has 0 aliphatic heterocycles. The van der Waals surface area contributed by atoms with Crippen LogP contribution in [0, 0.1) is 0 Å². The molecule has 62 valence electrons. The van der Waals surface area contributed by atoms with Crippen LogP contribution in [0.1, 0.15) is 20.3 Å². The van der Waals surface area contributed by atoms with Gasteiger partial charge in [0, 0.05) is 0 Å². The normalized spacial score (nSPS) is 10.4. The number of rotatable bonds is 4. The van der Waals surface area contributed by atoms with E-state index in [0.29, 0.717) is 6.42 Å². The van der Waals surface area contributed by atoms with Crippen molar-refractivity contribution >= 4 is 5.97 Å². The van der Waals surface area contributed by atoms with E-state index in [1.54, 1.807) is 0 Å². The van der Waals surface area contributed by atoms with Gasteiger partial charge in [-0.25, -0.2) is 0 Å². The quantitative estimate of drug-likeness (QED) is 0.332. The zero-order chi connectivity index (χ0) is 7.98. The second-order valence-corrected chi connectivity index (χ2v) is 4.85. The van der Waals surface area contributed by atoms with Crippen molar-refractivity contribution in [2.45, 2.75) is 26.4 Å². The molecule has 0 aromatic rings. The summed E-state index contributed by atoms with van der Waals surface area (Å²) in [6.45, 7) is 3.75. The minimum atomic E-state index is -0.0449. The predicted molar refractivity (Wildman–Crippen MR) is 36.6 cm³/mol. The van der Waals surface area contributed by atoms with Crippen LogP contribution in [0.25, 0.3) is 0 Å². The number of hydrogen-bond acceptors (Lipinski definition) is 2. The molecule has 0 aromatic heterocycles. The van der Waals surface area contributed by atoms with Crippen LogP contribution in [-0.2, 0) is 9.53 Å². The maximum atomic E-state index is 10.8. The Hall–Kier alpha value is 0.200. The molecule has 0 radical (unpaired) electrons. The van der Waals surface area contributed by atoms with E-state index in [2.05, 4.69) is 4.93 Å². The van der Waals surface area contributed by atoms with Crippen LogP contribution in [0.3, 0.4) is 0 Å². The summed E-state index contributed by atoms with van der Waals surface area (Å²) in [6.07, 6.45) is 0.657. The molecule has 0 saturated heterocycles. The van der Waals surface area contributed by atoms with Crippen molar-refractivity contribution in [1.82, 2.24) is 0 Å². The van der Waals surface area contributed by atoms with Gasteiger partial charge in [-0.2, -0.15) is 0 Å². The van der Waals surface area contributed by atoms with Crippen LogP contribution in [0.15, 0.2) is 0 Å². The molecular weight excluding hydrogens is 243 g/mol. The molecule has 0 aliphatic carbocycles. The number of carbonyl (C=O) groups is 1. The fourth-order valence-corrected chi connectivity index (χ4v) is 1.47. The standard InChI is InChI=1S/C7H14IO2/c1-6(2)10-7(9)4-5-8-3/h6H,4-5H2,1-3H3/q-1. The monoisotopic (exact) mass is 257 g/mol. The maximum absolute atomic E-state index is 10.8. The van der Waals surface area contributed by atoms with Crippen LogP contribution in [0.2, 0.25) is 0 Å². The van der Waals surface area contributed by atoms with Crippen LogP contribution in [0.5, 0.6) is 0 Å². The van der Waals surface area contributed by atoms with E-state index < -0.39 is 0 Å². The van der Waals surface area contributed by atoms with Gasteiger partial charge >= 0.3 is 72.4 Å². The van der Waals surface area contributed by atoms with Gasteiger partial charge in [0.25, 0.3) is 0 Å². The Morgan fingerprint density at radius 1 is 1.60 bits per heavy atom. The Bertz CT molecular complexity index is 102. The van der Waals surface area contributed by atoms with Crippen LogP contribution in [0.4, 0.5) is 0 Å². The van der Waals surface area contributed by atoms with E-state index in [4.69, 9.17) is 4.74 Å². The van der Waals surface area contributed by atoms with Gasteiger partial charge in [0.05, 0.1) is 0 Å². The van der Waals surface area contributed by atoms with Crippen LogP contribution >= 0.6 is 0 Å². The van der Waals surface area contributed by atoms with Gasteiger partial charge in [0.2, 0.25) is 0 Å².